The van der Waals surface area contributed by atoms with Crippen LogP contribution in [0.5, 0.6) is 0 Å². The van der Waals surface area contributed by atoms with Gasteiger partial charge in [0.1, 0.15) is 5.82 Å². The Hall–Kier alpha value is -3.26. The van der Waals surface area contributed by atoms with Crippen molar-refractivity contribution in [1.82, 2.24) is 35.4 Å². The molecule has 2 aromatic heterocycles. The van der Waals surface area contributed by atoms with E-state index >= 15 is 0 Å². The Labute approximate surface area is 154 Å². The van der Waals surface area contributed by atoms with Gasteiger partial charge in [0.15, 0.2) is 5.82 Å². The quantitative estimate of drug-likeness (QED) is 0.531. The lowest BCUT2D eigenvalue weighted by Gasteiger charge is -2.02. The molecule has 0 aliphatic carbocycles. The molecule has 0 radical (unpaired) electrons. The summed E-state index contributed by atoms with van der Waals surface area (Å²) in [5.74, 6) is 2.02. The molecular formula is C18H15N7S. The lowest BCUT2D eigenvalue weighted by Crippen LogP contribution is -2.01. The maximum absolute atomic E-state index is 4.46. The first-order valence-corrected chi connectivity index (χ1v) is 8.98. The Morgan fingerprint density at radius 3 is 2.54 bits per heavy atom. The van der Waals surface area contributed by atoms with Gasteiger partial charge in [0.2, 0.25) is 5.16 Å². The number of rotatable bonds is 6. The molecule has 2 aromatic carbocycles. The molecule has 0 unspecified atom stereocenters. The van der Waals surface area contributed by atoms with E-state index in [-0.39, 0.29) is 0 Å². The van der Waals surface area contributed by atoms with Crippen molar-refractivity contribution in [2.24, 2.45) is 0 Å². The third kappa shape index (κ3) is 3.86. The highest BCUT2D eigenvalue weighted by molar-refractivity contribution is 7.98. The number of aromatic nitrogens is 7. The third-order valence-electron chi connectivity index (χ3n) is 3.58. The van der Waals surface area contributed by atoms with Crippen molar-refractivity contribution in [3.8, 4) is 5.69 Å². The molecule has 0 amide bonds. The first kappa shape index (κ1) is 16.2. The SMILES string of the molecule is C(=C\c1nc(SCc2nnnn2-c2ccccc2)n[nH]1)/c1ccccc1. The van der Waals surface area contributed by atoms with Crippen LogP contribution in [0.3, 0.4) is 0 Å². The largest absolute Gasteiger partial charge is 0.259 e. The number of nitrogens with zero attached hydrogens (tertiary/aromatic N) is 6. The van der Waals surface area contributed by atoms with Gasteiger partial charge in [-0.1, -0.05) is 66.4 Å². The van der Waals surface area contributed by atoms with E-state index in [4.69, 9.17) is 0 Å². The van der Waals surface area contributed by atoms with Gasteiger partial charge < -0.3 is 0 Å². The number of hydrogen-bond acceptors (Lipinski definition) is 6. The third-order valence-corrected chi connectivity index (χ3v) is 4.42. The Balaban J connectivity index is 1.42. The lowest BCUT2D eigenvalue weighted by atomic mass is 10.2. The van der Waals surface area contributed by atoms with Gasteiger partial charge in [-0.05, 0) is 34.2 Å². The van der Waals surface area contributed by atoms with Gasteiger partial charge in [-0.2, -0.15) is 4.68 Å². The summed E-state index contributed by atoms with van der Waals surface area (Å²) in [6, 6.07) is 19.8. The van der Waals surface area contributed by atoms with E-state index < -0.39 is 0 Å². The summed E-state index contributed by atoms with van der Waals surface area (Å²) in [5, 5.41) is 19.7. The number of tetrazole rings is 1. The van der Waals surface area contributed by atoms with Crippen LogP contribution >= 0.6 is 11.8 Å². The minimum absolute atomic E-state index is 0.571. The van der Waals surface area contributed by atoms with Crippen molar-refractivity contribution >= 4 is 23.9 Å². The van der Waals surface area contributed by atoms with E-state index in [1.54, 1.807) is 4.68 Å². The highest BCUT2D eigenvalue weighted by Crippen LogP contribution is 2.19. The summed E-state index contributed by atoms with van der Waals surface area (Å²) in [7, 11) is 0. The minimum Gasteiger partial charge on any atom is -0.259 e. The molecular weight excluding hydrogens is 346 g/mol. The first-order chi connectivity index (χ1) is 12.9. The second-order valence-electron chi connectivity index (χ2n) is 5.38. The van der Waals surface area contributed by atoms with Gasteiger partial charge in [-0.25, -0.2) is 4.98 Å². The van der Waals surface area contributed by atoms with E-state index in [0.717, 1.165) is 17.1 Å². The fourth-order valence-corrected chi connectivity index (χ4v) is 3.04. The zero-order chi connectivity index (χ0) is 17.6. The molecule has 0 aliphatic heterocycles. The number of benzene rings is 2. The van der Waals surface area contributed by atoms with Crippen molar-refractivity contribution in [3.63, 3.8) is 0 Å². The monoisotopic (exact) mass is 361 g/mol. The van der Waals surface area contributed by atoms with E-state index in [2.05, 4.69) is 30.7 Å². The zero-order valence-corrected chi connectivity index (χ0v) is 14.5. The van der Waals surface area contributed by atoms with Crippen molar-refractivity contribution in [2.45, 2.75) is 10.9 Å². The molecule has 7 nitrogen and oxygen atoms in total. The van der Waals surface area contributed by atoms with Crippen LogP contribution in [0.4, 0.5) is 0 Å². The number of nitrogens with one attached hydrogen (secondary N) is 1. The maximum Gasteiger partial charge on any atom is 0.209 e. The van der Waals surface area contributed by atoms with E-state index in [1.807, 2.05) is 72.8 Å². The molecule has 0 spiro atoms. The standard InChI is InChI=1S/C18H15N7S/c1-3-7-14(8-4-1)11-12-16-19-18(22-20-16)26-13-17-21-23-24-25(17)15-9-5-2-6-10-15/h1-12H,13H2,(H,19,20,22)/b12-11+. The van der Waals surface area contributed by atoms with Gasteiger partial charge in [-0.15, -0.1) is 10.2 Å². The zero-order valence-electron chi connectivity index (χ0n) is 13.7. The molecule has 0 bridgehead atoms. The smallest absolute Gasteiger partial charge is 0.209 e. The summed E-state index contributed by atoms with van der Waals surface area (Å²) >= 11 is 1.48. The minimum atomic E-state index is 0.571. The number of para-hydroxylation sites is 1. The van der Waals surface area contributed by atoms with Crippen molar-refractivity contribution < 1.29 is 0 Å². The van der Waals surface area contributed by atoms with Crippen LogP contribution in [0, 0.1) is 0 Å². The van der Waals surface area contributed by atoms with Crippen LogP contribution in [0.2, 0.25) is 0 Å². The molecule has 8 heteroatoms. The Kier molecular flexibility index (Phi) is 4.83. The number of H-pyrrole nitrogens is 1. The van der Waals surface area contributed by atoms with Crippen LogP contribution in [0.15, 0.2) is 65.8 Å². The van der Waals surface area contributed by atoms with E-state index in [9.17, 15) is 0 Å². The van der Waals surface area contributed by atoms with E-state index in [1.165, 1.54) is 11.8 Å². The molecule has 1 N–H and O–H groups in total. The molecule has 0 fully saturated rings. The normalized spacial score (nSPS) is 11.2. The molecule has 0 saturated heterocycles. The van der Waals surface area contributed by atoms with Gasteiger partial charge in [0, 0.05) is 0 Å². The maximum atomic E-state index is 4.46. The van der Waals surface area contributed by atoms with Gasteiger partial charge >= 0.3 is 0 Å². The van der Waals surface area contributed by atoms with Crippen molar-refractivity contribution in [1.29, 1.82) is 0 Å². The van der Waals surface area contributed by atoms with Gasteiger partial charge in [0.05, 0.1) is 11.4 Å². The first-order valence-electron chi connectivity index (χ1n) is 7.99. The van der Waals surface area contributed by atoms with Crippen LogP contribution in [-0.4, -0.2) is 35.4 Å². The fraction of sp³-hybridized carbons (Fsp3) is 0.0556. The molecule has 0 saturated carbocycles. The van der Waals surface area contributed by atoms with E-state index in [0.29, 0.717) is 16.7 Å². The summed E-state index contributed by atoms with van der Waals surface area (Å²) in [5.41, 5.74) is 2.04. The van der Waals surface area contributed by atoms with Crippen LogP contribution < -0.4 is 0 Å². The average molecular weight is 361 g/mol. The Morgan fingerprint density at radius 1 is 0.962 bits per heavy atom. The molecule has 0 atom stereocenters. The molecule has 26 heavy (non-hydrogen) atoms. The van der Waals surface area contributed by atoms with Crippen molar-refractivity contribution in [3.05, 3.63) is 77.9 Å². The number of hydrogen-bond donors (Lipinski definition) is 1. The second-order valence-corrected chi connectivity index (χ2v) is 6.32. The molecule has 0 aliphatic rings. The number of thioether (sulfide) groups is 1. The summed E-state index contributed by atoms with van der Waals surface area (Å²) in [4.78, 5) is 4.46. The van der Waals surface area contributed by atoms with Crippen LogP contribution in [0.25, 0.3) is 17.8 Å². The summed E-state index contributed by atoms with van der Waals surface area (Å²) in [6.07, 6.45) is 3.89. The highest BCUT2D eigenvalue weighted by Gasteiger charge is 2.10. The summed E-state index contributed by atoms with van der Waals surface area (Å²) in [6.45, 7) is 0. The predicted octanol–water partition coefficient (Wildman–Crippen LogP) is 3.24. The van der Waals surface area contributed by atoms with Crippen LogP contribution in [-0.2, 0) is 5.75 Å². The molecule has 2 heterocycles. The van der Waals surface area contributed by atoms with Gasteiger partial charge in [0.25, 0.3) is 0 Å². The predicted molar refractivity (Wildman–Crippen MR) is 100 cm³/mol. The molecule has 4 rings (SSSR count). The Morgan fingerprint density at radius 2 is 1.73 bits per heavy atom. The fourth-order valence-electron chi connectivity index (χ4n) is 2.33. The molecule has 128 valence electrons. The Bertz CT molecular complexity index is 993. The van der Waals surface area contributed by atoms with Crippen molar-refractivity contribution in [2.75, 3.05) is 0 Å². The average Bonchev–Trinajstić information content (AvgIpc) is 3.35. The lowest BCUT2D eigenvalue weighted by molar-refractivity contribution is 0.777. The number of aromatic amines is 1. The molecule has 4 aromatic rings. The highest BCUT2D eigenvalue weighted by atomic mass is 32.2. The summed E-state index contributed by atoms with van der Waals surface area (Å²) < 4.78 is 1.72. The van der Waals surface area contributed by atoms with Gasteiger partial charge in [-0.3, -0.25) is 5.10 Å². The van der Waals surface area contributed by atoms with Crippen LogP contribution in [0.1, 0.15) is 17.2 Å². The second kappa shape index (κ2) is 7.75. The topological polar surface area (TPSA) is 85.2 Å².